The van der Waals surface area contributed by atoms with E-state index >= 15 is 0 Å². The number of methoxy groups -OCH3 is 1. The molecular weight excluding hydrogens is 261 g/mol. The topological polar surface area (TPSA) is 89.7 Å². The van der Waals surface area contributed by atoms with Gasteiger partial charge in [0.15, 0.2) is 11.3 Å². The summed E-state index contributed by atoms with van der Waals surface area (Å²) in [6.45, 7) is 0. The number of hydrogen-bond donors (Lipinski definition) is 1. The first-order valence-corrected chi connectivity index (χ1v) is 4.59. The van der Waals surface area contributed by atoms with E-state index in [1.807, 2.05) is 0 Å². The molecule has 86 valence electrons. The van der Waals surface area contributed by atoms with Crippen molar-refractivity contribution >= 4 is 34.9 Å². The summed E-state index contributed by atoms with van der Waals surface area (Å²) in [4.78, 5) is 20.7. The first-order valence-electron chi connectivity index (χ1n) is 3.83. The zero-order chi connectivity index (χ0) is 12.5. The van der Waals surface area contributed by atoms with Gasteiger partial charge in [0.1, 0.15) is 5.02 Å². The van der Waals surface area contributed by atoms with E-state index in [1.165, 1.54) is 0 Å². The number of carboxylic acid groups (broad SMARTS) is 1. The first-order chi connectivity index (χ1) is 7.40. The Morgan fingerprint density at radius 3 is 2.44 bits per heavy atom. The quantitative estimate of drug-likeness (QED) is 0.670. The first kappa shape index (κ1) is 12.5. The van der Waals surface area contributed by atoms with Gasteiger partial charge < -0.3 is 9.84 Å². The van der Waals surface area contributed by atoms with Crippen molar-refractivity contribution in [2.75, 3.05) is 7.11 Å². The van der Waals surface area contributed by atoms with Crippen LogP contribution in [0.5, 0.6) is 5.75 Å². The Balaban J connectivity index is 3.72. The molecule has 0 radical (unpaired) electrons. The molecule has 0 atom stereocenters. The number of nitro benzene ring substituents is 1. The molecule has 0 aromatic heterocycles. The third kappa shape index (κ3) is 2.02. The number of ether oxygens (including phenoxy) is 1. The lowest BCUT2D eigenvalue weighted by molar-refractivity contribution is -0.385. The molecule has 1 rings (SSSR count). The normalized spacial score (nSPS) is 9.94. The van der Waals surface area contributed by atoms with Gasteiger partial charge in [-0.1, -0.05) is 23.2 Å². The molecule has 0 aliphatic rings. The van der Waals surface area contributed by atoms with Crippen LogP contribution in [-0.2, 0) is 0 Å². The summed E-state index contributed by atoms with van der Waals surface area (Å²) < 4.78 is 4.71. The number of rotatable bonds is 3. The van der Waals surface area contributed by atoms with Gasteiger partial charge >= 0.3 is 11.7 Å². The van der Waals surface area contributed by atoms with Gasteiger partial charge in [-0.05, 0) is 6.07 Å². The van der Waals surface area contributed by atoms with Crippen molar-refractivity contribution in [2.45, 2.75) is 0 Å². The van der Waals surface area contributed by atoms with Gasteiger partial charge in [-0.15, -0.1) is 0 Å². The van der Waals surface area contributed by atoms with Gasteiger partial charge in [-0.2, -0.15) is 0 Å². The number of hydrogen-bond acceptors (Lipinski definition) is 4. The van der Waals surface area contributed by atoms with E-state index in [1.54, 1.807) is 0 Å². The predicted octanol–water partition coefficient (Wildman–Crippen LogP) is 2.61. The number of benzene rings is 1. The average Bonchev–Trinajstić information content (AvgIpc) is 2.15. The van der Waals surface area contributed by atoms with E-state index < -0.39 is 22.1 Å². The monoisotopic (exact) mass is 265 g/mol. The Hall–Kier alpha value is -1.53. The molecule has 0 saturated heterocycles. The fourth-order valence-corrected chi connectivity index (χ4v) is 1.78. The highest BCUT2D eigenvalue weighted by Crippen LogP contribution is 2.40. The maximum absolute atomic E-state index is 10.9. The maximum Gasteiger partial charge on any atom is 0.346 e. The molecule has 0 saturated carbocycles. The fraction of sp³-hybridized carbons (Fsp3) is 0.125. The van der Waals surface area contributed by atoms with E-state index in [0.29, 0.717) is 0 Å². The highest BCUT2D eigenvalue weighted by atomic mass is 35.5. The Labute approximate surface area is 99.5 Å². The number of carboxylic acids is 1. The van der Waals surface area contributed by atoms with Crippen LogP contribution in [-0.4, -0.2) is 23.1 Å². The van der Waals surface area contributed by atoms with E-state index in [2.05, 4.69) is 0 Å². The van der Waals surface area contributed by atoms with Crippen LogP contribution < -0.4 is 4.74 Å². The van der Waals surface area contributed by atoms with Crippen LogP contribution in [0.25, 0.3) is 0 Å². The summed E-state index contributed by atoms with van der Waals surface area (Å²) in [5, 5.41) is 19.1. The molecule has 0 bridgehead atoms. The smallest absolute Gasteiger partial charge is 0.346 e. The minimum atomic E-state index is -1.53. The van der Waals surface area contributed by atoms with Crippen molar-refractivity contribution in [1.82, 2.24) is 0 Å². The molecule has 16 heavy (non-hydrogen) atoms. The summed E-state index contributed by atoms with van der Waals surface area (Å²) >= 11 is 11.2. The molecule has 1 N–H and O–H groups in total. The molecule has 8 heteroatoms. The van der Waals surface area contributed by atoms with Crippen LogP contribution in [0, 0.1) is 10.1 Å². The summed E-state index contributed by atoms with van der Waals surface area (Å²) in [6, 6.07) is 1.06. The lowest BCUT2D eigenvalue weighted by atomic mass is 10.1. The molecule has 0 amide bonds. The van der Waals surface area contributed by atoms with Crippen molar-refractivity contribution < 1.29 is 19.6 Å². The molecular formula is C8H5Cl2NO5. The molecule has 0 fully saturated rings. The fourth-order valence-electron chi connectivity index (χ4n) is 1.17. The zero-order valence-corrected chi connectivity index (χ0v) is 9.37. The van der Waals surface area contributed by atoms with Crippen LogP contribution >= 0.6 is 23.2 Å². The highest BCUT2D eigenvalue weighted by Gasteiger charge is 2.30. The second-order valence-electron chi connectivity index (χ2n) is 2.66. The summed E-state index contributed by atoms with van der Waals surface area (Å²) in [5.74, 6) is -1.82. The number of nitrogens with zero attached hydrogens (tertiary/aromatic N) is 1. The van der Waals surface area contributed by atoms with Crippen molar-refractivity contribution in [3.05, 3.63) is 31.8 Å². The lowest BCUT2D eigenvalue weighted by Gasteiger charge is -2.08. The molecule has 0 heterocycles. The number of nitro groups is 1. The van der Waals surface area contributed by atoms with Crippen molar-refractivity contribution in [3.8, 4) is 5.75 Å². The van der Waals surface area contributed by atoms with E-state index in [-0.39, 0.29) is 15.8 Å². The Kier molecular flexibility index (Phi) is 3.56. The number of aromatic carboxylic acids is 1. The van der Waals surface area contributed by atoms with Gasteiger partial charge in [0.05, 0.1) is 17.1 Å². The Bertz CT molecular complexity index is 474. The third-order valence-electron chi connectivity index (χ3n) is 1.76. The molecule has 1 aromatic carbocycles. The van der Waals surface area contributed by atoms with Crippen LogP contribution in [0.1, 0.15) is 10.4 Å². The molecule has 1 aromatic rings. The van der Waals surface area contributed by atoms with E-state index in [4.69, 9.17) is 33.0 Å². The maximum atomic E-state index is 10.9. The number of halogens is 2. The molecule has 6 nitrogen and oxygen atoms in total. The van der Waals surface area contributed by atoms with Crippen LogP contribution in [0.3, 0.4) is 0 Å². The molecule has 0 aliphatic heterocycles. The minimum absolute atomic E-state index is 0.101. The van der Waals surface area contributed by atoms with Crippen molar-refractivity contribution in [2.24, 2.45) is 0 Å². The van der Waals surface area contributed by atoms with Crippen molar-refractivity contribution in [1.29, 1.82) is 0 Å². The highest BCUT2D eigenvalue weighted by molar-refractivity contribution is 6.38. The van der Waals surface area contributed by atoms with Gasteiger partial charge in [0.25, 0.3) is 0 Å². The summed E-state index contributed by atoms with van der Waals surface area (Å²) in [6.07, 6.45) is 0. The molecule has 0 unspecified atom stereocenters. The third-order valence-corrected chi connectivity index (χ3v) is 2.33. The second kappa shape index (κ2) is 4.54. The average molecular weight is 266 g/mol. The van der Waals surface area contributed by atoms with Crippen molar-refractivity contribution in [3.63, 3.8) is 0 Å². The summed E-state index contributed by atoms with van der Waals surface area (Å²) in [7, 11) is 1.16. The van der Waals surface area contributed by atoms with Crippen LogP contribution in [0.2, 0.25) is 10.0 Å². The summed E-state index contributed by atoms with van der Waals surface area (Å²) in [5.41, 5.74) is -1.40. The zero-order valence-electron chi connectivity index (χ0n) is 7.86. The largest absolute Gasteiger partial charge is 0.494 e. The molecule has 0 spiro atoms. The van der Waals surface area contributed by atoms with Gasteiger partial charge in [-0.25, -0.2) is 4.79 Å². The predicted molar refractivity (Wildman–Crippen MR) is 56.6 cm³/mol. The second-order valence-corrected chi connectivity index (χ2v) is 3.47. The Morgan fingerprint density at radius 2 is 2.06 bits per heavy atom. The SMILES string of the molecule is COc1c(Cl)cc(Cl)c([N+](=O)[O-])c1C(=O)O. The van der Waals surface area contributed by atoms with Crippen LogP contribution in [0.4, 0.5) is 5.69 Å². The minimum Gasteiger partial charge on any atom is -0.494 e. The van der Waals surface area contributed by atoms with E-state index in [0.717, 1.165) is 13.2 Å². The number of carbonyl (C=O) groups is 1. The van der Waals surface area contributed by atoms with Gasteiger partial charge in [-0.3, -0.25) is 10.1 Å². The van der Waals surface area contributed by atoms with Gasteiger partial charge in [0.2, 0.25) is 0 Å². The standard InChI is InChI=1S/C8H5Cl2NO5/c1-16-7-4(10)2-3(9)6(11(14)15)5(7)8(12)13/h2H,1H3,(H,12,13). The van der Waals surface area contributed by atoms with E-state index in [9.17, 15) is 14.9 Å². The Morgan fingerprint density at radius 1 is 1.50 bits per heavy atom. The van der Waals surface area contributed by atoms with Crippen LogP contribution in [0.15, 0.2) is 6.07 Å². The lowest BCUT2D eigenvalue weighted by Crippen LogP contribution is -2.06. The van der Waals surface area contributed by atoms with Gasteiger partial charge in [0, 0.05) is 0 Å². The molecule has 0 aliphatic carbocycles.